The molecule has 134 valence electrons. The van der Waals surface area contributed by atoms with E-state index in [0.29, 0.717) is 0 Å². The molecule has 0 saturated heterocycles. The lowest BCUT2D eigenvalue weighted by Crippen LogP contribution is -2.39. The minimum absolute atomic E-state index is 0.210. The number of aliphatic hydroxyl groups excluding tert-OH is 1. The van der Waals surface area contributed by atoms with Crippen LogP contribution in [0.1, 0.15) is 56.7 Å². The van der Waals surface area contributed by atoms with E-state index in [1.54, 1.807) is 0 Å². The maximum absolute atomic E-state index is 11.1. The quantitative estimate of drug-likeness (QED) is 0.751. The number of nitrogens with two attached hydrogens (primary N) is 1. The smallest absolute Gasteiger partial charge is 0.143 e. The number of hydrogen-bond acceptors (Lipinski definition) is 4. The maximum atomic E-state index is 11.1. The molecule has 0 amide bonds. The molecule has 1 atom stereocenters. The van der Waals surface area contributed by atoms with Crippen LogP contribution in [0.4, 0.5) is 0 Å². The van der Waals surface area contributed by atoms with E-state index in [4.69, 9.17) is 10.3 Å². The number of hydrogen-bond donors (Lipinski definition) is 2. The largest absolute Gasteiger partial charge is 0.386 e. The third-order valence-electron chi connectivity index (χ3n) is 4.80. The number of fused-ring (bicyclic) bond motifs is 1. The molecule has 0 saturated carbocycles. The number of benzene rings is 1. The van der Waals surface area contributed by atoms with E-state index in [-0.39, 0.29) is 5.92 Å². The van der Waals surface area contributed by atoms with Gasteiger partial charge in [0.15, 0.2) is 0 Å². The van der Waals surface area contributed by atoms with Gasteiger partial charge in [-0.15, -0.1) is 0 Å². The molecule has 0 aliphatic carbocycles. The van der Waals surface area contributed by atoms with Gasteiger partial charge in [-0.3, -0.25) is 0 Å². The minimum Gasteiger partial charge on any atom is -0.386 e. The van der Waals surface area contributed by atoms with E-state index in [0.717, 1.165) is 39.2 Å². The Bertz CT molecular complexity index is 913. The molecule has 2 aromatic heterocycles. The first-order valence-electron chi connectivity index (χ1n) is 8.65. The molecule has 25 heavy (non-hydrogen) atoms. The van der Waals surface area contributed by atoms with Crippen LogP contribution in [0.5, 0.6) is 0 Å². The van der Waals surface area contributed by atoms with E-state index in [9.17, 15) is 5.11 Å². The minimum atomic E-state index is -0.817. The number of aryl methyl sites for hydroxylation is 2. The summed E-state index contributed by atoms with van der Waals surface area (Å²) in [5, 5.41) is 16.3. The predicted octanol–water partition coefficient (Wildman–Crippen LogP) is 4.04. The van der Waals surface area contributed by atoms with E-state index < -0.39 is 11.6 Å². The summed E-state index contributed by atoms with van der Waals surface area (Å²) in [7, 11) is 2.01. The monoisotopic (exact) mass is 341 g/mol. The fourth-order valence-electron chi connectivity index (χ4n) is 3.45. The van der Waals surface area contributed by atoms with Crippen LogP contribution >= 0.6 is 0 Å². The van der Waals surface area contributed by atoms with Crippen LogP contribution in [0.25, 0.3) is 22.2 Å². The van der Waals surface area contributed by atoms with E-state index in [1.165, 1.54) is 0 Å². The fourth-order valence-corrected chi connectivity index (χ4v) is 3.45. The molecule has 5 heteroatoms. The summed E-state index contributed by atoms with van der Waals surface area (Å²) < 4.78 is 7.61. The molecule has 3 N–H and O–H groups in total. The first-order valence-corrected chi connectivity index (χ1v) is 8.65. The van der Waals surface area contributed by atoms with Gasteiger partial charge in [-0.2, -0.15) is 0 Å². The zero-order chi connectivity index (χ0) is 18.5. The Balaban J connectivity index is 2.44. The van der Waals surface area contributed by atoms with Crippen LogP contribution in [-0.2, 0) is 7.05 Å². The highest BCUT2D eigenvalue weighted by atomic mass is 16.5. The van der Waals surface area contributed by atoms with Gasteiger partial charge in [0.1, 0.15) is 5.76 Å². The van der Waals surface area contributed by atoms with Crippen LogP contribution in [0.3, 0.4) is 0 Å². The van der Waals surface area contributed by atoms with E-state index in [1.807, 2.05) is 46.0 Å². The number of aromatic nitrogens is 2. The van der Waals surface area contributed by atoms with Crippen LogP contribution in [0, 0.1) is 6.92 Å². The summed E-state index contributed by atoms with van der Waals surface area (Å²) in [6, 6.07) is 8.06. The summed E-state index contributed by atoms with van der Waals surface area (Å²) >= 11 is 0. The highest BCUT2D eigenvalue weighted by molar-refractivity contribution is 5.93. The van der Waals surface area contributed by atoms with Crippen molar-refractivity contribution in [3.8, 4) is 11.3 Å². The molecule has 0 bridgehead atoms. The predicted molar refractivity (Wildman–Crippen MR) is 100 cm³/mol. The van der Waals surface area contributed by atoms with Gasteiger partial charge in [-0.1, -0.05) is 37.2 Å². The second-order valence-electron chi connectivity index (χ2n) is 7.72. The molecule has 0 fully saturated rings. The topological polar surface area (TPSA) is 77.2 Å². The highest BCUT2D eigenvalue weighted by Gasteiger charge is 2.33. The van der Waals surface area contributed by atoms with Crippen molar-refractivity contribution in [3.63, 3.8) is 0 Å². The number of nitrogens with zero attached hydrogens (tertiary/aromatic N) is 2. The van der Waals surface area contributed by atoms with Gasteiger partial charge in [0.25, 0.3) is 0 Å². The van der Waals surface area contributed by atoms with Crippen LogP contribution < -0.4 is 5.73 Å². The molecule has 0 aliphatic heterocycles. The number of aliphatic hydroxyl groups is 1. The van der Waals surface area contributed by atoms with Gasteiger partial charge >= 0.3 is 0 Å². The standard InChI is InChI=1S/C20H27N3O2/c1-11(2)17-15(12(3)25-22-17)18-16(19(24)20(4,5)21)13-9-7-8-10-14(13)23(18)6/h7-11,19,24H,21H2,1-6H3. The summed E-state index contributed by atoms with van der Waals surface area (Å²) in [6.45, 7) is 9.77. The average molecular weight is 341 g/mol. The lowest BCUT2D eigenvalue weighted by Gasteiger charge is -2.27. The van der Waals surface area contributed by atoms with Gasteiger partial charge in [-0.05, 0) is 32.8 Å². The maximum Gasteiger partial charge on any atom is 0.143 e. The first kappa shape index (κ1) is 17.7. The summed E-state index contributed by atoms with van der Waals surface area (Å²) in [5.41, 5.74) is 10.1. The Labute approximate surface area is 148 Å². The number of rotatable bonds is 4. The molecule has 0 radical (unpaired) electrons. The van der Waals surface area contributed by atoms with Gasteiger partial charge in [-0.25, -0.2) is 0 Å². The van der Waals surface area contributed by atoms with Crippen molar-refractivity contribution < 1.29 is 9.63 Å². The summed E-state index contributed by atoms with van der Waals surface area (Å²) in [6.07, 6.45) is -0.817. The lowest BCUT2D eigenvalue weighted by atomic mass is 9.88. The van der Waals surface area contributed by atoms with Crippen molar-refractivity contribution in [3.05, 3.63) is 41.3 Å². The lowest BCUT2D eigenvalue weighted by molar-refractivity contribution is 0.106. The SMILES string of the molecule is Cc1onc(C(C)C)c1-c1c(C(O)C(C)(C)N)c2ccccc2n1C. The second-order valence-corrected chi connectivity index (χ2v) is 7.72. The molecule has 0 aliphatic rings. The van der Waals surface area contributed by atoms with Gasteiger partial charge in [0, 0.05) is 29.1 Å². The molecule has 1 unspecified atom stereocenters. The Kier molecular flexibility index (Phi) is 4.25. The first-order chi connectivity index (χ1) is 11.6. The van der Waals surface area contributed by atoms with Gasteiger partial charge in [0.05, 0.1) is 23.1 Å². The Morgan fingerprint density at radius 2 is 1.88 bits per heavy atom. The van der Waals surface area contributed by atoms with Crippen LogP contribution in [-0.4, -0.2) is 20.4 Å². The molecular formula is C20H27N3O2. The molecule has 1 aromatic carbocycles. The zero-order valence-corrected chi connectivity index (χ0v) is 15.8. The molecule has 2 heterocycles. The molecule has 3 aromatic rings. The van der Waals surface area contributed by atoms with Crippen molar-refractivity contribution in [1.82, 2.24) is 9.72 Å². The average Bonchev–Trinajstić information content (AvgIpc) is 3.04. The highest BCUT2D eigenvalue weighted by Crippen LogP contribution is 2.43. The van der Waals surface area contributed by atoms with Crippen LogP contribution in [0.15, 0.2) is 28.8 Å². The molecule has 3 rings (SSSR count). The summed E-state index contributed by atoms with van der Waals surface area (Å²) in [4.78, 5) is 0. The second kappa shape index (κ2) is 6.00. The van der Waals surface area contributed by atoms with Crippen LogP contribution in [0.2, 0.25) is 0 Å². The third-order valence-corrected chi connectivity index (χ3v) is 4.80. The Morgan fingerprint density at radius 3 is 2.48 bits per heavy atom. The Morgan fingerprint density at radius 1 is 1.24 bits per heavy atom. The van der Waals surface area contributed by atoms with Crippen molar-refractivity contribution in [1.29, 1.82) is 0 Å². The van der Waals surface area contributed by atoms with E-state index in [2.05, 4.69) is 29.6 Å². The molecule has 0 spiro atoms. The van der Waals surface area contributed by atoms with Crippen molar-refractivity contribution in [2.24, 2.45) is 12.8 Å². The summed E-state index contributed by atoms with van der Waals surface area (Å²) in [5.74, 6) is 0.958. The van der Waals surface area contributed by atoms with E-state index >= 15 is 0 Å². The fraction of sp³-hybridized carbons (Fsp3) is 0.450. The van der Waals surface area contributed by atoms with Gasteiger partial charge < -0.3 is 19.9 Å². The van der Waals surface area contributed by atoms with Gasteiger partial charge in [0.2, 0.25) is 0 Å². The third kappa shape index (κ3) is 2.77. The van der Waals surface area contributed by atoms with Crippen molar-refractivity contribution in [2.75, 3.05) is 0 Å². The zero-order valence-electron chi connectivity index (χ0n) is 15.8. The number of para-hydroxylation sites is 1. The Hall–Kier alpha value is -2.11. The van der Waals surface area contributed by atoms with Crippen molar-refractivity contribution in [2.45, 2.75) is 52.2 Å². The normalized spacial score (nSPS) is 13.8. The molecule has 5 nitrogen and oxygen atoms in total. The molecular weight excluding hydrogens is 314 g/mol. The van der Waals surface area contributed by atoms with Crippen molar-refractivity contribution >= 4 is 10.9 Å².